The summed E-state index contributed by atoms with van der Waals surface area (Å²) in [6.45, 7) is 2.83. The van der Waals surface area contributed by atoms with Gasteiger partial charge < -0.3 is 9.47 Å². The molecule has 0 N–H and O–H groups in total. The number of ether oxygens (including phenoxy) is 2. The van der Waals surface area contributed by atoms with E-state index in [9.17, 15) is 4.79 Å². The van der Waals surface area contributed by atoms with Crippen LogP contribution in [0.15, 0.2) is 24.3 Å². The maximum absolute atomic E-state index is 10.7. The molecule has 0 saturated carbocycles. The molecule has 1 aromatic rings. The molecule has 0 aliphatic heterocycles. The fourth-order valence-corrected chi connectivity index (χ4v) is 1.67. The number of carbonyl (C=O) groups is 1. The lowest BCUT2D eigenvalue weighted by molar-refractivity contribution is -0.107. The predicted molar refractivity (Wildman–Crippen MR) is 77.9 cm³/mol. The number of allylic oxidation sites excluding steroid dienone is 1. The van der Waals surface area contributed by atoms with E-state index in [0.29, 0.717) is 18.1 Å². The highest BCUT2D eigenvalue weighted by Crippen LogP contribution is 2.28. The van der Waals surface area contributed by atoms with Gasteiger partial charge in [0.25, 0.3) is 0 Å². The van der Waals surface area contributed by atoms with E-state index in [1.54, 1.807) is 13.2 Å². The highest BCUT2D eigenvalue weighted by molar-refractivity contribution is 6.66. The molecule has 0 fully saturated rings. The van der Waals surface area contributed by atoms with Gasteiger partial charge in [-0.1, -0.05) is 31.9 Å². The number of rotatable bonds is 8. The lowest BCUT2D eigenvalue weighted by Crippen LogP contribution is -1.99. The average Bonchev–Trinajstić information content (AvgIpc) is 2.42. The van der Waals surface area contributed by atoms with Crippen molar-refractivity contribution in [2.75, 3.05) is 13.7 Å². The zero-order valence-corrected chi connectivity index (χ0v) is 12.1. The van der Waals surface area contributed by atoms with Crippen LogP contribution < -0.4 is 9.47 Å². The first-order chi connectivity index (χ1) is 9.17. The van der Waals surface area contributed by atoms with E-state index < -0.39 is 5.24 Å². The van der Waals surface area contributed by atoms with Gasteiger partial charge in [-0.25, -0.2) is 0 Å². The minimum Gasteiger partial charge on any atom is -0.493 e. The molecule has 0 aromatic heterocycles. The number of benzene rings is 1. The largest absolute Gasteiger partial charge is 0.493 e. The van der Waals surface area contributed by atoms with Crippen LogP contribution >= 0.6 is 11.6 Å². The molecule has 0 aliphatic carbocycles. The summed E-state index contributed by atoms with van der Waals surface area (Å²) in [5.74, 6) is 1.37. The number of carbonyl (C=O) groups excluding carboxylic acids is 1. The maximum Gasteiger partial charge on any atom is 0.245 e. The van der Waals surface area contributed by atoms with Gasteiger partial charge in [-0.15, -0.1) is 0 Å². The molecular formula is C15H19ClO3. The van der Waals surface area contributed by atoms with Crippen LogP contribution in [-0.4, -0.2) is 19.0 Å². The minimum atomic E-state index is -0.501. The Morgan fingerprint density at radius 2 is 2.11 bits per heavy atom. The SMILES string of the molecule is CCCCCOc1ccc(/C=C/C(=O)Cl)cc1OC. The Kier molecular flexibility index (Phi) is 7.04. The van der Waals surface area contributed by atoms with Crippen LogP contribution in [0.5, 0.6) is 11.5 Å². The van der Waals surface area contributed by atoms with Gasteiger partial charge in [0.15, 0.2) is 11.5 Å². The summed E-state index contributed by atoms with van der Waals surface area (Å²) in [4.78, 5) is 10.7. The van der Waals surface area contributed by atoms with Gasteiger partial charge in [0.1, 0.15) is 0 Å². The number of methoxy groups -OCH3 is 1. The Bertz CT molecular complexity index is 441. The van der Waals surface area contributed by atoms with Gasteiger partial charge in [-0.3, -0.25) is 4.79 Å². The number of halogens is 1. The van der Waals surface area contributed by atoms with E-state index in [1.165, 1.54) is 6.08 Å². The minimum absolute atomic E-state index is 0.501. The van der Waals surface area contributed by atoms with Gasteiger partial charge in [0.2, 0.25) is 5.24 Å². The standard InChI is InChI=1S/C15H19ClO3/c1-3-4-5-10-19-13-8-6-12(7-9-15(16)17)11-14(13)18-2/h6-9,11H,3-5,10H2,1-2H3/b9-7+. The summed E-state index contributed by atoms with van der Waals surface area (Å²) < 4.78 is 10.9. The van der Waals surface area contributed by atoms with Crippen molar-refractivity contribution < 1.29 is 14.3 Å². The number of hydrogen-bond acceptors (Lipinski definition) is 3. The van der Waals surface area contributed by atoms with Crippen LogP contribution in [0.25, 0.3) is 6.08 Å². The van der Waals surface area contributed by atoms with Crippen LogP contribution in [0.1, 0.15) is 31.7 Å². The molecule has 1 rings (SSSR count). The van der Waals surface area contributed by atoms with Crippen molar-refractivity contribution in [1.29, 1.82) is 0 Å². The van der Waals surface area contributed by atoms with Crippen LogP contribution in [0.4, 0.5) is 0 Å². The smallest absolute Gasteiger partial charge is 0.245 e. The first kappa shape index (κ1) is 15.6. The van der Waals surface area contributed by atoms with E-state index in [4.69, 9.17) is 21.1 Å². The van der Waals surface area contributed by atoms with Crippen molar-refractivity contribution in [2.24, 2.45) is 0 Å². The average molecular weight is 283 g/mol. The van der Waals surface area contributed by atoms with Gasteiger partial charge in [-0.05, 0) is 41.8 Å². The van der Waals surface area contributed by atoms with Crippen molar-refractivity contribution in [3.63, 3.8) is 0 Å². The fourth-order valence-electron chi connectivity index (χ4n) is 1.60. The van der Waals surface area contributed by atoms with E-state index >= 15 is 0 Å². The van der Waals surface area contributed by atoms with Gasteiger partial charge in [0.05, 0.1) is 13.7 Å². The maximum atomic E-state index is 10.7. The third kappa shape index (κ3) is 5.79. The zero-order valence-electron chi connectivity index (χ0n) is 11.3. The molecule has 0 bridgehead atoms. The summed E-state index contributed by atoms with van der Waals surface area (Å²) >= 11 is 5.25. The second-order valence-electron chi connectivity index (χ2n) is 4.10. The summed E-state index contributed by atoms with van der Waals surface area (Å²) in [5.41, 5.74) is 0.840. The lowest BCUT2D eigenvalue weighted by Gasteiger charge is -2.11. The Morgan fingerprint density at radius 1 is 1.32 bits per heavy atom. The fraction of sp³-hybridized carbons (Fsp3) is 0.400. The van der Waals surface area contributed by atoms with Crippen molar-refractivity contribution in [1.82, 2.24) is 0 Å². The summed E-state index contributed by atoms with van der Waals surface area (Å²) in [5, 5.41) is -0.501. The molecule has 4 heteroatoms. The molecule has 0 unspecified atom stereocenters. The second kappa shape index (κ2) is 8.59. The van der Waals surface area contributed by atoms with Crippen LogP contribution in [0.2, 0.25) is 0 Å². The monoisotopic (exact) mass is 282 g/mol. The normalized spacial score (nSPS) is 10.7. The zero-order chi connectivity index (χ0) is 14.1. The van der Waals surface area contributed by atoms with E-state index in [0.717, 1.165) is 24.8 Å². The highest BCUT2D eigenvalue weighted by Gasteiger charge is 2.04. The van der Waals surface area contributed by atoms with Crippen LogP contribution in [0, 0.1) is 0 Å². The molecular weight excluding hydrogens is 264 g/mol. The van der Waals surface area contributed by atoms with E-state index in [-0.39, 0.29) is 0 Å². The highest BCUT2D eigenvalue weighted by atomic mass is 35.5. The predicted octanol–water partition coefficient (Wildman–Crippen LogP) is 4.04. The molecule has 0 saturated heterocycles. The first-order valence-electron chi connectivity index (χ1n) is 6.35. The molecule has 3 nitrogen and oxygen atoms in total. The Labute approximate surface area is 119 Å². The van der Waals surface area contributed by atoms with Gasteiger partial charge in [-0.2, -0.15) is 0 Å². The topological polar surface area (TPSA) is 35.5 Å². The summed E-state index contributed by atoms with van der Waals surface area (Å²) in [7, 11) is 1.59. The lowest BCUT2D eigenvalue weighted by atomic mass is 10.2. The molecule has 0 amide bonds. The molecule has 0 aliphatic rings. The second-order valence-corrected chi connectivity index (χ2v) is 4.48. The van der Waals surface area contributed by atoms with Crippen LogP contribution in [-0.2, 0) is 4.79 Å². The third-order valence-electron chi connectivity index (χ3n) is 2.60. The van der Waals surface area contributed by atoms with E-state index in [1.807, 2.05) is 18.2 Å². The number of hydrogen-bond donors (Lipinski definition) is 0. The van der Waals surface area contributed by atoms with Crippen molar-refractivity contribution in [3.8, 4) is 11.5 Å². The van der Waals surface area contributed by atoms with Crippen molar-refractivity contribution >= 4 is 22.9 Å². The van der Waals surface area contributed by atoms with Crippen molar-refractivity contribution in [2.45, 2.75) is 26.2 Å². The molecule has 0 atom stereocenters. The summed E-state index contributed by atoms with van der Waals surface area (Å²) in [6.07, 6.45) is 6.29. The molecule has 0 spiro atoms. The quantitative estimate of drug-likeness (QED) is 0.410. The molecule has 0 radical (unpaired) electrons. The first-order valence-corrected chi connectivity index (χ1v) is 6.73. The van der Waals surface area contributed by atoms with E-state index in [2.05, 4.69) is 6.92 Å². The van der Waals surface area contributed by atoms with Gasteiger partial charge in [0, 0.05) is 0 Å². The van der Waals surface area contributed by atoms with Crippen LogP contribution in [0.3, 0.4) is 0 Å². The van der Waals surface area contributed by atoms with Gasteiger partial charge >= 0.3 is 0 Å². The Morgan fingerprint density at radius 3 is 2.74 bits per heavy atom. The summed E-state index contributed by atoms with van der Waals surface area (Å²) in [6, 6.07) is 5.50. The number of unbranched alkanes of at least 4 members (excludes halogenated alkanes) is 2. The van der Waals surface area contributed by atoms with Crippen molar-refractivity contribution in [3.05, 3.63) is 29.8 Å². The Balaban J connectivity index is 2.70. The third-order valence-corrected chi connectivity index (χ3v) is 2.73. The molecule has 19 heavy (non-hydrogen) atoms. The molecule has 0 heterocycles. The Hall–Kier alpha value is -1.48. The molecule has 1 aromatic carbocycles. The molecule has 104 valence electrons.